The van der Waals surface area contributed by atoms with Crippen LogP contribution < -0.4 is 5.32 Å². The van der Waals surface area contributed by atoms with Crippen molar-refractivity contribution in [1.29, 1.82) is 0 Å². The SMILES string of the molecule is CCn1cc(-c2nc(NC3CCN(S(C)(=O)=O)CC3)ncc2C)cn1. The number of aryl methyl sites for hydroxylation is 2. The van der Waals surface area contributed by atoms with Crippen LogP contribution in [0.2, 0.25) is 0 Å². The molecule has 0 aliphatic carbocycles. The second-order valence-corrected chi connectivity index (χ2v) is 8.37. The predicted molar refractivity (Wildman–Crippen MR) is 96.7 cm³/mol. The Morgan fingerprint density at radius 3 is 2.60 bits per heavy atom. The van der Waals surface area contributed by atoms with Crippen molar-refractivity contribution in [2.24, 2.45) is 0 Å². The summed E-state index contributed by atoms with van der Waals surface area (Å²) < 4.78 is 26.6. The number of rotatable bonds is 5. The molecule has 1 aliphatic rings. The van der Waals surface area contributed by atoms with E-state index >= 15 is 0 Å². The van der Waals surface area contributed by atoms with E-state index in [0.29, 0.717) is 19.0 Å². The quantitative estimate of drug-likeness (QED) is 0.864. The Morgan fingerprint density at radius 2 is 2.00 bits per heavy atom. The molecule has 1 aliphatic heterocycles. The van der Waals surface area contributed by atoms with E-state index in [0.717, 1.165) is 36.2 Å². The van der Waals surface area contributed by atoms with Gasteiger partial charge in [0.15, 0.2) is 0 Å². The molecular weight excluding hydrogens is 340 g/mol. The van der Waals surface area contributed by atoms with Crippen molar-refractivity contribution in [2.45, 2.75) is 39.3 Å². The van der Waals surface area contributed by atoms with Gasteiger partial charge in [-0.2, -0.15) is 5.10 Å². The molecule has 0 unspecified atom stereocenters. The third-order valence-corrected chi connectivity index (χ3v) is 5.76. The molecule has 3 heterocycles. The lowest BCUT2D eigenvalue weighted by Crippen LogP contribution is -2.42. The van der Waals surface area contributed by atoms with Crippen molar-refractivity contribution in [2.75, 3.05) is 24.7 Å². The average Bonchev–Trinajstić information content (AvgIpc) is 3.05. The molecule has 0 bridgehead atoms. The van der Waals surface area contributed by atoms with Crippen molar-refractivity contribution >= 4 is 16.0 Å². The summed E-state index contributed by atoms with van der Waals surface area (Å²) in [6, 6.07) is 0.173. The van der Waals surface area contributed by atoms with Crippen molar-refractivity contribution in [3.8, 4) is 11.3 Å². The third-order valence-electron chi connectivity index (χ3n) is 4.46. The van der Waals surface area contributed by atoms with Gasteiger partial charge in [-0.25, -0.2) is 22.7 Å². The smallest absolute Gasteiger partial charge is 0.223 e. The van der Waals surface area contributed by atoms with Gasteiger partial charge in [0.2, 0.25) is 16.0 Å². The molecule has 0 radical (unpaired) electrons. The van der Waals surface area contributed by atoms with Crippen molar-refractivity contribution in [3.63, 3.8) is 0 Å². The maximum Gasteiger partial charge on any atom is 0.223 e. The molecule has 3 rings (SSSR count). The third kappa shape index (κ3) is 4.16. The van der Waals surface area contributed by atoms with Gasteiger partial charge in [-0.15, -0.1) is 0 Å². The number of piperidine rings is 1. The largest absolute Gasteiger partial charge is 0.351 e. The summed E-state index contributed by atoms with van der Waals surface area (Å²) in [6.45, 7) is 5.89. The summed E-state index contributed by atoms with van der Waals surface area (Å²) in [7, 11) is -3.11. The first-order chi connectivity index (χ1) is 11.9. The molecule has 1 saturated heterocycles. The lowest BCUT2D eigenvalue weighted by Gasteiger charge is -2.30. The van der Waals surface area contributed by atoms with E-state index in [2.05, 4.69) is 20.4 Å². The maximum absolute atomic E-state index is 11.6. The van der Waals surface area contributed by atoms with Crippen molar-refractivity contribution in [1.82, 2.24) is 24.1 Å². The summed E-state index contributed by atoms with van der Waals surface area (Å²) in [4.78, 5) is 9.02. The molecule has 2 aromatic heterocycles. The molecule has 2 aromatic rings. The number of sulfonamides is 1. The predicted octanol–water partition coefficient (Wildman–Crippen LogP) is 1.50. The molecule has 0 atom stereocenters. The summed E-state index contributed by atoms with van der Waals surface area (Å²) >= 11 is 0. The highest BCUT2D eigenvalue weighted by Crippen LogP contribution is 2.22. The van der Waals surface area contributed by atoms with E-state index in [9.17, 15) is 8.42 Å². The summed E-state index contributed by atoms with van der Waals surface area (Å²) in [5.41, 5.74) is 2.83. The van der Waals surface area contributed by atoms with Crippen molar-refractivity contribution < 1.29 is 8.42 Å². The number of hydrogen-bond donors (Lipinski definition) is 1. The van der Waals surface area contributed by atoms with E-state index in [1.165, 1.54) is 10.6 Å². The fourth-order valence-electron chi connectivity index (χ4n) is 2.98. The minimum Gasteiger partial charge on any atom is -0.351 e. The Hall–Kier alpha value is -2.00. The van der Waals surface area contributed by atoms with Gasteiger partial charge in [0.05, 0.1) is 18.1 Å². The zero-order chi connectivity index (χ0) is 18.0. The minimum absolute atomic E-state index is 0.173. The maximum atomic E-state index is 11.6. The van der Waals surface area contributed by atoms with E-state index in [4.69, 9.17) is 0 Å². The molecule has 0 aromatic carbocycles. The highest BCUT2D eigenvalue weighted by molar-refractivity contribution is 7.88. The van der Waals surface area contributed by atoms with Crippen LogP contribution in [0.25, 0.3) is 11.3 Å². The Labute approximate surface area is 148 Å². The lowest BCUT2D eigenvalue weighted by molar-refractivity contribution is 0.331. The Bertz CT molecular complexity index is 840. The van der Waals surface area contributed by atoms with E-state index in [1.54, 1.807) is 6.20 Å². The molecule has 25 heavy (non-hydrogen) atoms. The van der Waals surface area contributed by atoms with Crippen LogP contribution in [-0.4, -0.2) is 57.9 Å². The second kappa shape index (κ2) is 7.09. The van der Waals surface area contributed by atoms with Gasteiger partial charge < -0.3 is 5.32 Å². The number of aromatic nitrogens is 4. The van der Waals surface area contributed by atoms with Gasteiger partial charge in [0.1, 0.15) is 0 Å². The summed E-state index contributed by atoms with van der Waals surface area (Å²) in [5, 5.41) is 7.64. The van der Waals surface area contributed by atoms with Crippen LogP contribution in [0.15, 0.2) is 18.6 Å². The minimum atomic E-state index is -3.11. The second-order valence-electron chi connectivity index (χ2n) is 6.39. The molecule has 8 nitrogen and oxygen atoms in total. The Kier molecular flexibility index (Phi) is 5.05. The molecule has 9 heteroatoms. The first kappa shape index (κ1) is 17.8. The molecule has 1 N–H and O–H groups in total. The highest BCUT2D eigenvalue weighted by Gasteiger charge is 2.25. The fourth-order valence-corrected chi connectivity index (χ4v) is 3.85. The monoisotopic (exact) mass is 364 g/mol. The van der Waals surface area contributed by atoms with Crippen molar-refractivity contribution in [3.05, 3.63) is 24.2 Å². The summed E-state index contributed by atoms with van der Waals surface area (Å²) in [5.74, 6) is 0.572. The first-order valence-electron chi connectivity index (χ1n) is 8.45. The van der Waals surface area contributed by atoms with Gasteiger partial charge in [-0.05, 0) is 32.3 Å². The first-order valence-corrected chi connectivity index (χ1v) is 10.3. The molecule has 136 valence electrons. The molecular formula is C16H24N6O2S. The molecule has 0 saturated carbocycles. The molecule has 0 amide bonds. The number of anilines is 1. The van der Waals surface area contributed by atoms with Gasteiger partial charge >= 0.3 is 0 Å². The molecule has 0 spiro atoms. The van der Waals surface area contributed by atoms with Crippen LogP contribution in [0.5, 0.6) is 0 Å². The van der Waals surface area contributed by atoms with Crippen LogP contribution in [0, 0.1) is 6.92 Å². The average molecular weight is 364 g/mol. The normalized spacial score (nSPS) is 16.9. The van der Waals surface area contributed by atoms with Crippen LogP contribution in [0.4, 0.5) is 5.95 Å². The van der Waals surface area contributed by atoms with Gasteiger partial charge in [-0.3, -0.25) is 4.68 Å². The van der Waals surface area contributed by atoms with Gasteiger partial charge in [-0.1, -0.05) is 0 Å². The Morgan fingerprint density at radius 1 is 1.28 bits per heavy atom. The van der Waals surface area contributed by atoms with Gasteiger partial charge in [0, 0.05) is 43.6 Å². The Balaban J connectivity index is 1.71. The zero-order valence-corrected chi connectivity index (χ0v) is 15.6. The zero-order valence-electron chi connectivity index (χ0n) is 14.8. The molecule has 1 fully saturated rings. The number of nitrogens with one attached hydrogen (secondary N) is 1. The van der Waals surface area contributed by atoms with E-state index < -0.39 is 10.0 Å². The topological polar surface area (TPSA) is 93.0 Å². The number of nitrogens with zero attached hydrogens (tertiary/aromatic N) is 5. The highest BCUT2D eigenvalue weighted by atomic mass is 32.2. The van der Waals surface area contributed by atoms with Gasteiger partial charge in [0.25, 0.3) is 0 Å². The van der Waals surface area contributed by atoms with E-state index in [1.807, 2.05) is 30.9 Å². The van der Waals surface area contributed by atoms with Crippen LogP contribution >= 0.6 is 0 Å². The summed E-state index contributed by atoms with van der Waals surface area (Å²) in [6.07, 6.45) is 8.34. The van der Waals surface area contributed by atoms with E-state index in [-0.39, 0.29) is 6.04 Å². The van der Waals surface area contributed by atoms with Crippen LogP contribution in [0.1, 0.15) is 25.3 Å². The van der Waals surface area contributed by atoms with Crippen LogP contribution in [0.3, 0.4) is 0 Å². The van der Waals surface area contributed by atoms with Crippen LogP contribution in [-0.2, 0) is 16.6 Å². The lowest BCUT2D eigenvalue weighted by atomic mass is 10.1. The fraction of sp³-hybridized carbons (Fsp3) is 0.562. The number of hydrogen-bond acceptors (Lipinski definition) is 6. The standard InChI is InChI=1S/C16H24N6O2S/c1-4-21-11-13(10-18-21)15-12(2)9-17-16(20-15)19-14-5-7-22(8-6-14)25(3,23)24/h9-11,14H,4-8H2,1-3H3,(H,17,19,20).